The molecule has 0 bridgehead atoms. The second kappa shape index (κ2) is 8.66. The number of carbonyl (C=O) groups is 1. The van der Waals surface area contributed by atoms with Crippen LogP contribution in [-0.2, 0) is 21.2 Å². The summed E-state index contributed by atoms with van der Waals surface area (Å²) in [7, 11) is -1.000. The highest BCUT2D eigenvalue weighted by Gasteiger charge is 2.32. The summed E-state index contributed by atoms with van der Waals surface area (Å²) in [5, 5.41) is 7.60. The Labute approximate surface area is 168 Å². The largest absolute Gasteiger partial charge is 0.335 e. The second-order valence-electron chi connectivity index (χ2n) is 7.94. The van der Waals surface area contributed by atoms with Crippen molar-refractivity contribution in [1.29, 1.82) is 0 Å². The van der Waals surface area contributed by atoms with Gasteiger partial charge >= 0.3 is 0 Å². The first-order valence-electron chi connectivity index (χ1n) is 9.91. The fraction of sp³-hybridized carbons (Fsp3) is 0.700. The van der Waals surface area contributed by atoms with E-state index in [2.05, 4.69) is 16.3 Å². The van der Waals surface area contributed by atoms with Crippen molar-refractivity contribution < 1.29 is 18.1 Å². The Morgan fingerprint density at radius 1 is 1.39 bits per heavy atom. The molecule has 0 radical (unpaired) electrons. The maximum Gasteiger partial charge on any atom is 0.276 e. The number of rotatable bonds is 8. The van der Waals surface area contributed by atoms with Crippen LogP contribution in [0.5, 0.6) is 0 Å². The van der Waals surface area contributed by atoms with Gasteiger partial charge in [-0.05, 0) is 33.1 Å². The van der Waals surface area contributed by atoms with Crippen LogP contribution in [-0.4, -0.2) is 54.7 Å². The topological polar surface area (TPSA) is 85.5 Å². The Balaban J connectivity index is 2.05. The molecule has 28 heavy (non-hydrogen) atoms. The molecule has 1 unspecified atom stereocenters. The summed E-state index contributed by atoms with van der Waals surface area (Å²) in [5.41, 5.74) is 2.37. The van der Waals surface area contributed by atoms with E-state index in [1.165, 1.54) is 0 Å². The predicted octanol–water partition coefficient (Wildman–Crippen LogP) is 0.182. The van der Waals surface area contributed by atoms with E-state index in [1.807, 2.05) is 39.4 Å². The first kappa shape index (κ1) is 22.4. The van der Waals surface area contributed by atoms with Crippen LogP contribution in [0.1, 0.15) is 56.1 Å². The SMILES string of the molecule is C#CC(CC)(CC)NC(=O)C[NH+](C)Cc1c(C)nn([C@H]2CCS(=O)(=O)C2)c1C. The lowest BCUT2D eigenvalue weighted by molar-refractivity contribution is -0.885. The van der Waals surface area contributed by atoms with Crippen LogP contribution >= 0.6 is 0 Å². The molecule has 8 heteroatoms. The van der Waals surface area contributed by atoms with Crippen molar-refractivity contribution in [3.63, 3.8) is 0 Å². The van der Waals surface area contributed by atoms with Crippen molar-refractivity contribution in [2.75, 3.05) is 25.1 Å². The molecule has 1 aromatic rings. The zero-order valence-corrected chi connectivity index (χ0v) is 18.4. The molecular weight excluding hydrogens is 376 g/mol. The third kappa shape index (κ3) is 4.95. The molecule has 1 aromatic heterocycles. The van der Waals surface area contributed by atoms with Gasteiger partial charge in [-0.1, -0.05) is 19.8 Å². The summed E-state index contributed by atoms with van der Waals surface area (Å²) in [5.74, 6) is 3.04. The minimum absolute atomic E-state index is 0.0660. The highest BCUT2D eigenvalue weighted by molar-refractivity contribution is 7.91. The van der Waals surface area contributed by atoms with Crippen molar-refractivity contribution in [2.24, 2.45) is 0 Å². The Kier molecular flexibility index (Phi) is 6.94. The highest BCUT2D eigenvalue weighted by atomic mass is 32.2. The Bertz CT molecular complexity index is 863. The van der Waals surface area contributed by atoms with Gasteiger partial charge in [0.15, 0.2) is 16.4 Å². The van der Waals surface area contributed by atoms with Crippen LogP contribution in [0.25, 0.3) is 0 Å². The molecule has 0 aromatic carbocycles. The van der Waals surface area contributed by atoms with Gasteiger partial charge in [-0.25, -0.2) is 8.42 Å². The van der Waals surface area contributed by atoms with Crippen LogP contribution in [0.3, 0.4) is 0 Å². The maximum atomic E-state index is 12.5. The van der Waals surface area contributed by atoms with E-state index in [0.717, 1.165) is 21.9 Å². The molecule has 0 spiro atoms. The summed E-state index contributed by atoms with van der Waals surface area (Å²) in [6.45, 7) is 8.82. The van der Waals surface area contributed by atoms with Crippen LogP contribution < -0.4 is 10.2 Å². The standard InChI is InChI=1S/C20H32N4O3S/c1-7-20(8-2,9-3)21-19(25)13-23(6)12-18-15(4)22-24(16(18)5)17-10-11-28(26,27)14-17/h1,17H,8-14H2,2-6H3,(H,21,25)/p+1/t17-/m0/s1. The number of amides is 1. The van der Waals surface area contributed by atoms with E-state index in [4.69, 9.17) is 6.42 Å². The number of terminal acetylenes is 1. The van der Waals surface area contributed by atoms with E-state index < -0.39 is 15.4 Å². The number of aromatic nitrogens is 2. The van der Waals surface area contributed by atoms with Gasteiger partial charge in [0.25, 0.3) is 5.91 Å². The lowest BCUT2D eigenvalue weighted by Crippen LogP contribution is -3.09. The van der Waals surface area contributed by atoms with Crippen LogP contribution in [0.4, 0.5) is 0 Å². The van der Waals surface area contributed by atoms with Gasteiger partial charge in [-0.2, -0.15) is 5.10 Å². The zero-order chi connectivity index (χ0) is 21.1. The fourth-order valence-electron chi connectivity index (χ4n) is 3.89. The Morgan fingerprint density at radius 2 is 2.04 bits per heavy atom. The number of sulfone groups is 1. The number of quaternary nitrogens is 1. The molecular formula is C20H33N4O3S+. The number of likely N-dealkylation sites (N-methyl/N-ethyl adjacent to an activating group) is 1. The average molecular weight is 410 g/mol. The van der Waals surface area contributed by atoms with Crippen LogP contribution in [0.2, 0.25) is 0 Å². The summed E-state index contributed by atoms with van der Waals surface area (Å²) in [4.78, 5) is 13.5. The number of nitrogens with one attached hydrogen (secondary N) is 2. The van der Waals surface area contributed by atoms with Crippen LogP contribution in [0.15, 0.2) is 0 Å². The average Bonchev–Trinajstić information content (AvgIpc) is 3.13. The number of aryl methyl sites for hydroxylation is 1. The fourth-order valence-corrected chi connectivity index (χ4v) is 5.59. The smallest absolute Gasteiger partial charge is 0.276 e. The Morgan fingerprint density at radius 3 is 2.54 bits per heavy atom. The number of hydrogen-bond donors (Lipinski definition) is 2. The molecule has 0 saturated carbocycles. The van der Waals surface area contributed by atoms with Crippen molar-refractivity contribution in [3.8, 4) is 12.3 Å². The molecule has 1 aliphatic rings. The molecule has 1 aliphatic heterocycles. The first-order chi connectivity index (χ1) is 13.1. The van der Waals surface area contributed by atoms with Crippen molar-refractivity contribution in [1.82, 2.24) is 15.1 Å². The van der Waals surface area contributed by atoms with Gasteiger partial charge in [0, 0.05) is 5.69 Å². The quantitative estimate of drug-likeness (QED) is 0.600. The van der Waals surface area contributed by atoms with Gasteiger partial charge in [-0.15, -0.1) is 6.42 Å². The lowest BCUT2D eigenvalue weighted by Gasteiger charge is -2.27. The molecule has 2 N–H and O–H groups in total. The maximum absolute atomic E-state index is 12.5. The number of nitrogens with zero attached hydrogens (tertiary/aromatic N) is 2. The van der Waals surface area contributed by atoms with Gasteiger partial charge in [-0.3, -0.25) is 9.48 Å². The molecule has 0 aliphatic carbocycles. The first-order valence-corrected chi connectivity index (χ1v) is 11.7. The van der Waals surface area contributed by atoms with Gasteiger partial charge in [0.2, 0.25) is 0 Å². The summed E-state index contributed by atoms with van der Waals surface area (Å²) >= 11 is 0. The van der Waals surface area contributed by atoms with Gasteiger partial charge in [0.05, 0.1) is 35.9 Å². The molecule has 7 nitrogen and oxygen atoms in total. The van der Waals surface area contributed by atoms with Crippen molar-refractivity contribution >= 4 is 15.7 Å². The van der Waals surface area contributed by atoms with E-state index in [1.54, 1.807) is 0 Å². The third-order valence-electron chi connectivity index (χ3n) is 5.83. The highest BCUT2D eigenvalue weighted by Crippen LogP contribution is 2.26. The lowest BCUT2D eigenvalue weighted by atomic mass is 9.94. The molecule has 2 heterocycles. The minimum Gasteiger partial charge on any atom is -0.335 e. The normalized spacial score (nSPS) is 19.9. The van der Waals surface area contributed by atoms with E-state index in [9.17, 15) is 13.2 Å². The molecule has 1 saturated heterocycles. The third-order valence-corrected chi connectivity index (χ3v) is 7.58. The summed E-state index contributed by atoms with van der Waals surface area (Å²) < 4.78 is 25.5. The molecule has 2 rings (SSSR count). The van der Waals surface area contributed by atoms with E-state index in [-0.39, 0.29) is 23.5 Å². The molecule has 1 fully saturated rings. The summed E-state index contributed by atoms with van der Waals surface area (Å²) in [6.07, 6.45) is 7.62. The minimum atomic E-state index is -2.96. The van der Waals surface area contributed by atoms with E-state index in [0.29, 0.717) is 32.4 Å². The molecule has 2 atom stereocenters. The zero-order valence-electron chi connectivity index (χ0n) is 17.6. The molecule has 1 amide bonds. The number of hydrogen-bond acceptors (Lipinski definition) is 4. The van der Waals surface area contributed by atoms with E-state index >= 15 is 0 Å². The second-order valence-corrected chi connectivity index (χ2v) is 10.2. The van der Waals surface area contributed by atoms with Crippen molar-refractivity contribution in [3.05, 3.63) is 17.0 Å². The molecule has 156 valence electrons. The monoisotopic (exact) mass is 409 g/mol. The Hall–Kier alpha value is -1.85. The van der Waals surface area contributed by atoms with Gasteiger partial charge < -0.3 is 10.2 Å². The van der Waals surface area contributed by atoms with Crippen LogP contribution in [0, 0.1) is 26.2 Å². The summed E-state index contributed by atoms with van der Waals surface area (Å²) in [6, 6.07) is -0.0913. The number of carbonyl (C=O) groups excluding carboxylic acids is 1. The van der Waals surface area contributed by atoms with Crippen molar-refractivity contribution in [2.45, 2.75) is 65.1 Å². The predicted molar refractivity (Wildman–Crippen MR) is 110 cm³/mol. The van der Waals surface area contributed by atoms with Gasteiger partial charge in [0.1, 0.15) is 12.1 Å².